The van der Waals surface area contributed by atoms with E-state index in [1.165, 1.54) is 20.1 Å². The van der Waals surface area contributed by atoms with Crippen LogP contribution >= 0.6 is 12.2 Å². The first-order chi connectivity index (χ1) is 11.4. The Morgan fingerprint density at radius 1 is 1.46 bits per heavy atom. The molecule has 2 aromatic rings. The van der Waals surface area contributed by atoms with Crippen LogP contribution in [0, 0.1) is 4.77 Å². The molecule has 0 atom stereocenters. The van der Waals surface area contributed by atoms with Crippen LogP contribution in [0.2, 0.25) is 0 Å². The van der Waals surface area contributed by atoms with Gasteiger partial charge in [-0.1, -0.05) is 0 Å². The lowest BCUT2D eigenvalue weighted by atomic mass is 10.1. The van der Waals surface area contributed by atoms with Gasteiger partial charge >= 0.3 is 0 Å². The largest absolute Gasteiger partial charge is 0.497 e. The number of carbonyl (C=O) groups is 2. The summed E-state index contributed by atoms with van der Waals surface area (Å²) in [5.41, 5.74) is 0.339. The number of benzene rings is 1. The molecule has 0 radical (unpaired) electrons. The highest BCUT2D eigenvalue weighted by atomic mass is 32.1. The Labute approximate surface area is 141 Å². The van der Waals surface area contributed by atoms with E-state index in [0.29, 0.717) is 11.1 Å². The van der Waals surface area contributed by atoms with E-state index in [4.69, 9.17) is 17.0 Å². The average molecular weight is 343 g/mol. The van der Waals surface area contributed by atoms with Gasteiger partial charge < -0.3 is 14.8 Å². The molecule has 122 valence electrons. The summed E-state index contributed by atoms with van der Waals surface area (Å²) < 4.78 is 6.28. The Morgan fingerprint density at radius 3 is 2.88 bits per heavy atom. The Kier molecular flexibility index (Phi) is 3.90. The Morgan fingerprint density at radius 2 is 2.21 bits per heavy atom. The molecule has 0 bridgehead atoms. The first-order valence-corrected chi connectivity index (χ1v) is 7.37. The molecule has 24 heavy (non-hydrogen) atoms. The van der Waals surface area contributed by atoms with E-state index in [1.54, 1.807) is 24.3 Å². The number of aromatic hydroxyl groups is 1. The lowest BCUT2D eigenvalue weighted by Crippen LogP contribution is -2.30. The van der Waals surface area contributed by atoms with E-state index in [-0.39, 0.29) is 27.8 Å². The number of nitrogens with zero attached hydrogens (tertiary/aromatic N) is 2. The number of carbonyl (C=O) groups excluding carboxylic acids is 2. The van der Waals surface area contributed by atoms with Gasteiger partial charge in [-0.05, 0) is 36.5 Å². The number of hydrogen-bond acceptors (Lipinski definition) is 5. The van der Waals surface area contributed by atoms with Crippen molar-refractivity contribution in [3.05, 3.63) is 44.8 Å². The van der Waals surface area contributed by atoms with Crippen molar-refractivity contribution >= 4 is 36.2 Å². The van der Waals surface area contributed by atoms with Gasteiger partial charge in [-0.2, -0.15) is 0 Å². The van der Waals surface area contributed by atoms with Gasteiger partial charge in [0.2, 0.25) is 11.8 Å². The van der Waals surface area contributed by atoms with Gasteiger partial charge in [-0.25, -0.2) is 4.99 Å². The molecular weight excluding hydrogens is 330 g/mol. The van der Waals surface area contributed by atoms with Crippen LogP contribution < -0.4 is 15.3 Å². The number of aromatic amines is 1. The molecule has 2 heterocycles. The van der Waals surface area contributed by atoms with Crippen LogP contribution in [-0.2, 0) is 4.79 Å². The molecule has 0 unspecified atom stereocenters. The number of methoxy groups -OCH3 is 1. The maximum absolute atomic E-state index is 12.2. The zero-order chi connectivity index (χ0) is 17.4. The third kappa shape index (κ3) is 2.67. The number of aromatic nitrogens is 2. The van der Waals surface area contributed by atoms with Crippen molar-refractivity contribution in [2.75, 3.05) is 7.11 Å². The lowest BCUT2D eigenvalue weighted by Gasteiger charge is -2.06. The van der Waals surface area contributed by atoms with E-state index >= 15 is 0 Å². The second-order valence-corrected chi connectivity index (χ2v) is 5.49. The minimum atomic E-state index is -0.489. The molecule has 0 saturated heterocycles. The highest BCUT2D eigenvalue weighted by Crippen LogP contribution is 2.21. The fourth-order valence-electron chi connectivity index (χ4n) is 2.41. The molecule has 3 rings (SSSR count). The topological polar surface area (TPSA) is 96.7 Å². The molecule has 0 spiro atoms. The van der Waals surface area contributed by atoms with Crippen LogP contribution in [0.15, 0.2) is 28.8 Å². The molecule has 1 aliphatic rings. The van der Waals surface area contributed by atoms with Gasteiger partial charge in [0.15, 0.2) is 4.77 Å². The smallest absolute Gasteiger partial charge is 0.277 e. The number of ether oxygens (including phenoxy) is 1. The van der Waals surface area contributed by atoms with Crippen molar-refractivity contribution in [2.45, 2.75) is 6.92 Å². The van der Waals surface area contributed by atoms with Crippen LogP contribution in [0.4, 0.5) is 0 Å². The second kappa shape index (κ2) is 5.89. The molecule has 1 aromatic carbocycles. The lowest BCUT2D eigenvalue weighted by molar-refractivity contribution is -0.114. The van der Waals surface area contributed by atoms with Crippen LogP contribution in [0.5, 0.6) is 11.6 Å². The Bertz CT molecular complexity index is 1080. The van der Waals surface area contributed by atoms with Crippen LogP contribution in [0.3, 0.4) is 0 Å². The Balaban J connectivity index is 2.19. The minimum absolute atomic E-state index is 0.0529. The fourth-order valence-corrected chi connectivity index (χ4v) is 2.73. The van der Waals surface area contributed by atoms with Crippen molar-refractivity contribution in [1.82, 2.24) is 9.55 Å². The summed E-state index contributed by atoms with van der Waals surface area (Å²) in [6.45, 7) is 1.31. The molecule has 0 fully saturated rings. The molecule has 7 nitrogen and oxygen atoms in total. The molecule has 0 aliphatic carbocycles. The zero-order valence-corrected chi connectivity index (χ0v) is 13.7. The van der Waals surface area contributed by atoms with Crippen molar-refractivity contribution in [1.29, 1.82) is 0 Å². The van der Waals surface area contributed by atoms with E-state index in [1.807, 2.05) is 0 Å². The second-order valence-electron chi connectivity index (χ2n) is 5.10. The minimum Gasteiger partial charge on any atom is -0.497 e. The van der Waals surface area contributed by atoms with Gasteiger partial charge in [0.05, 0.1) is 12.5 Å². The molecule has 0 saturated carbocycles. The van der Waals surface area contributed by atoms with Gasteiger partial charge in [0.1, 0.15) is 11.4 Å². The summed E-state index contributed by atoms with van der Waals surface area (Å²) in [6.07, 6.45) is 3.01. The fraction of sp³-hybridized carbons (Fsp3) is 0.125. The third-order valence-electron chi connectivity index (χ3n) is 3.54. The number of H-pyrrole nitrogens is 1. The van der Waals surface area contributed by atoms with Crippen LogP contribution in [0.1, 0.15) is 17.4 Å². The van der Waals surface area contributed by atoms with Crippen molar-refractivity contribution < 1.29 is 19.4 Å². The van der Waals surface area contributed by atoms with Crippen molar-refractivity contribution in [3.8, 4) is 11.6 Å². The zero-order valence-electron chi connectivity index (χ0n) is 12.9. The monoisotopic (exact) mass is 343 g/mol. The summed E-state index contributed by atoms with van der Waals surface area (Å²) in [7, 11) is 1.53. The summed E-state index contributed by atoms with van der Waals surface area (Å²) in [5, 5.41) is 11.2. The summed E-state index contributed by atoms with van der Waals surface area (Å²) in [5.74, 6) is -0.560. The number of rotatable bonds is 2. The predicted molar refractivity (Wildman–Crippen MR) is 88.8 cm³/mol. The number of fused-ring (bicyclic) bond motifs is 1. The first kappa shape index (κ1) is 15.9. The van der Waals surface area contributed by atoms with Crippen LogP contribution in [-0.4, -0.2) is 33.6 Å². The molecule has 2 N–H and O–H groups in total. The van der Waals surface area contributed by atoms with Crippen molar-refractivity contribution in [3.63, 3.8) is 0 Å². The Hall–Kier alpha value is -3.00. The van der Waals surface area contributed by atoms with Crippen LogP contribution in [0.25, 0.3) is 12.2 Å². The molecule has 1 aromatic heterocycles. The van der Waals surface area contributed by atoms with E-state index in [9.17, 15) is 14.7 Å². The summed E-state index contributed by atoms with van der Waals surface area (Å²) in [4.78, 5) is 30.4. The highest BCUT2D eigenvalue weighted by Gasteiger charge is 2.17. The summed E-state index contributed by atoms with van der Waals surface area (Å²) >= 11 is 4.99. The van der Waals surface area contributed by atoms with Gasteiger partial charge in [-0.3, -0.25) is 14.2 Å². The molecule has 1 amide bonds. The maximum atomic E-state index is 12.2. The number of nitrogens with one attached hydrogen (secondary N) is 1. The standard InChI is InChI=1S/C16H13N3O4S/c1-8(20)19-13(15(22)18-16(19)24)6-10-5-9-3-4-11(23-2)7-12(9)17-14(10)21/h3-7,22H,1-2H3,(H,18,24)/b10-6+. The number of hydrogen-bond donors (Lipinski definition) is 2. The summed E-state index contributed by atoms with van der Waals surface area (Å²) in [6, 6.07) is 5.18. The average Bonchev–Trinajstić information content (AvgIpc) is 2.81. The maximum Gasteiger partial charge on any atom is 0.277 e. The van der Waals surface area contributed by atoms with E-state index < -0.39 is 5.91 Å². The third-order valence-corrected chi connectivity index (χ3v) is 3.82. The van der Waals surface area contributed by atoms with E-state index in [2.05, 4.69) is 9.98 Å². The first-order valence-electron chi connectivity index (χ1n) is 6.96. The number of amides is 1. The van der Waals surface area contributed by atoms with Gasteiger partial charge in [-0.15, -0.1) is 0 Å². The SMILES string of the molecule is COc1ccc2c(c1)=NC(=O)/C(=C/c1c(O)[nH]c(=S)n1C(C)=O)C=2. The highest BCUT2D eigenvalue weighted by molar-refractivity contribution is 7.71. The molecule has 1 aliphatic heterocycles. The van der Waals surface area contributed by atoms with Crippen molar-refractivity contribution in [2.24, 2.45) is 4.99 Å². The number of imidazole rings is 1. The molecular formula is C16H13N3O4S. The normalized spacial score (nSPS) is 14.8. The van der Waals surface area contributed by atoms with E-state index in [0.717, 1.165) is 9.79 Å². The quantitative estimate of drug-likeness (QED) is 0.625. The molecule has 8 heteroatoms. The predicted octanol–water partition coefficient (Wildman–Crippen LogP) is 0.944. The van der Waals surface area contributed by atoms with Gasteiger partial charge in [0, 0.05) is 23.8 Å². The van der Waals surface area contributed by atoms with Gasteiger partial charge in [0.25, 0.3) is 5.91 Å².